The lowest BCUT2D eigenvalue weighted by Gasteiger charge is -2.24. The number of hydrogen-bond acceptors (Lipinski definition) is 2. The molecule has 0 aromatic carbocycles. The molecule has 0 saturated carbocycles. The highest BCUT2D eigenvalue weighted by molar-refractivity contribution is 5.49. The van der Waals surface area contributed by atoms with Crippen molar-refractivity contribution in [1.29, 1.82) is 0 Å². The Bertz CT molecular complexity index is 175. The Morgan fingerprint density at radius 3 is 2.92 bits per heavy atom. The minimum Gasteiger partial charge on any atom is -0.381 e. The maximum absolute atomic E-state index is 10.0. The van der Waals surface area contributed by atoms with Gasteiger partial charge in [0.2, 0.25) is 0 Å². The van der Waals surface area contributed by atoms with Crippen LogP contribution in [0.5, 0.6) is 0 Å². The van der Waals surface area contributed by atoms with Crippen LogP contribution < -0.4 is 0 Å². The molecule has 0 aromatic rings. The van der Waals surface area contributed by atoms with Gasteiger partial charge in [0.05, 0.1) is 6.61 Å². The van der Waals surface area contributed by atoms with E-state index in [2.05, 4.69) is 19.1 Å². The van der Waals surface area contributed by atoms with Crippen molar-refractivity contribution < 1.29 is 9.53 Å². The van der Waals surface area contributed by atoms with E-state index in [1.807, 2.05) is 0 Å². The standard InChI is InChI=1S/C11H18O2/c1-10-5-2-3-6-11(10)9-13-8-4-7-12/h2-3,7,10-11H,4-6,8-9H2,1H3. The van der Waals surface area contributed by atoms with Gasteiger partial charge in [-0.05, 0) is 24.7 Å². The Morgan fingerprint density at radius 2 is 2.23 bits per heavy atom. The normalized spacial score (nSPS) is 27.5. The summed E-state index contributed by atoms with van der Waals surface area (Å²) in [5.41, 5.74) is 0. The van der Waals surface area contributed by atoms with E-state index in [4.69, 9.17) is 4.74 Å². The van der Waals surface area contributed by atoms with Crippen LogP contribution in [0.15, 0.2) is 12.2 Å². The fourth-order valence-corrected chi connectivity index (χ4v) is 1.61. The van der Waals surface area contributed by atoms with E-state index in [9.17, 15) is 4.79 Å². The molecule has 0 amide bonds. The Balaban J connectivity index is 2.12. The molecule has 1 aliphatic carbocycles. The van der Waals surface area contributed by atoms with Gasteiger partial charge in [-0.3, -0.25) is 0 Å². The summed E-state index contributed by atoms with van der Waals surface area (Å²) in [4.78, 5) is 10.0. The van der Waals surface area contributed by atoms with E-state index >= 15 is 0 Å². The smallest absolute Gasteiger partial charge is 0.122 e. The predicted octanol–water partition coefficient (Wildman–Crippen LogP) is 2.19. The summed E-state index contributed by atoms with van der Waals surface area (Å²) in [7, 11) is 0. The average Bonchev–Trinajstić information content (AvgIpc) is 2.15. The Kier molecular flexibility index (Phi) is 4.76. The summed E-state index contributed by atoms with van der Waals surface area (Å²) in [6.45, 7) is 3.65. The molecule has 0 N–H and O–H groups in total. The van der Waals surface area contributed by atoms with Crippen molar-refractivity contribution in [3.63, 3.8) is 0 Å². The second-order valence-electron chi connectivity index (χ2n) is 3.71. The highest BCUT2D eigenvalue weighted by atomic mass is 16.5. The third kappa shape index (κ3) is 3.73. The van der Waals surface area contributed by atoms with E-state index in [0.29, 0.717) is 18.9 Å². The molecular formula is C11H18O2. The minimum atomic E-state index is 0.525. The number of allylic oxidation sites excluding steroid dienone is 2. The second kappa shape index (κ2) is 5.92. The quantitative estimate of drug-likeness (QED) is 0.370. The van der Waals surface area contributed by atoms with Crippen molar-refractivity contribution in [2.75, 3.05) is 13.2 Å². The highest BCUT2D eigenvalue weighted by Gasteiger charge is 2.17. The topological polar surface area (TPSA) is 26.3 Å². The van der Waals surface area contributed by atoms with E-state index < -0.39 is 0 Å². The summed E-state index contributed by atoms with van der Waals surface area (Å²) in [5, 5.41) is 0. The van der Waals surface area contributed by atoms with Crippen LogP contribution in [0.4, 0.5) is 0 Å². The molecule has 13 heavy (non-hydrogen) atoms. The highest BCUT2D eigenvalue weighted by Crippen LogP contribution is 2.24. The van der Waals surface area contributed by atoms with Gasteiger partial charge in [-0.2, -0.15) is 0 Å². The van der Waals surface area contributed by atoms with Gasteiger partial charge in [-0.1, -0.05) is 19.1 Å². The maximum Gasteiger partial charge on any atom is 0.122 e. The molecule has 74 valence electrons. The molecule has 0 fully saturated rings. The zero-order valence-corrected chi connectivity index (χ0v) is 8.24. The molecule has 2 nitrogen and oxygen atoms in total. The van der Waals surface area contributed by atoms with Crippen LogP contribution >= 0.6 is 0 Å². The molecule has 1 aliphatic rings. The number of rotatable bonds is 5. The summed E-state index contributed by atoms with van der Waals surface area (Å²) >= 11 is 0. The lowest BCUT2D eigenvalue weighted by atomic mass is 9.85. The van der Waals surface area contributed by atoms with Gasteiger partial charge in [0.1, 0.15) is 6.29 Å². The molecule has 1 rings (SSSR count). The van der Waals surface area contributed by atoms with Crippen LogP contribution in [0.25, 0.3) is 0 Å². The van der Waals surface area contributed by atoms with Crippen LogP contribution in [0.1, 0.15) is 26.2 Å². The van der Waals surface area contributed by atoms with Crippen molar-refractivity contribution >= 4 is 6.29 Å². The lowest BCUT2D eigenvalue weighted by molar-refractivity contribution is -0.108. The van der Waals surface area contributed by atoms with Crippen molar-refractivity contribution in [2.45, 2.75) is 26.2 Å². The number of ether oxygens (including phenoxy) is 1. The molecule has 0 aromatic heterocycles. The molecule has 0 saturated heterocycles. The fraction of sp³-hybridized carbons (Fsp3) is 0.727. The first-order chi connectivity index (χ1) is 6.34. The first-order valence-electron chi connectivity index (χ1n) is 5.01. The van der Waals surface area contributed by atoms with Gasteiger partial charge >= 0.3 is 0 Å². The first-order valence-corrected chi connectivity index (χ1v) is 5.01. The average molecular weight is 182 g/mol. The van der Waals surface area contributed by atoms with Gasteiger partial charge in [-0.25, -0.2) is 0 Å². The molecule has 0 spiro atoms. The first kappa shape index (κ1) is 10.5. The van der Waals surface area contributed by atoms with Crippen LogP contribution in [-0.4, -0.2) is 19.5 Å². The van der Waals surface area contributed by atoms with Gasteiger partial charge in [-0.15, -0.1) is 0 Å². The fourth-order valence-electron chi connectivity index (χ4n) is 1.61. The molecule has 0 radical (unpaired) electrons. The van der Waals surface area contributed by atoms with E-state index in [1.54, 1.807) is 0 Å². The molecular weight excluding hydrogens is 164 g/mol. The third-order valence-electron chi connectivity index (χ3n) is 2.63. The van der Waals surface area contributed by atoms with Crippen molar-refractivity contribution in [1.82, 2.24) is 0 Å². The summed E-state index contributed by atoms with van der Waals surface area (Å²) in [6, 6.07) is 0. The summed E-state index contributed by atoms with van der Waals surface area (Å²) in [5.74, 6) is 1.37. The van der Waals surface area contributed by atoms with Crippen molar-refractivity contribution in [3.8, 4) is 0 Å². The second-order valence-corrected chi connectivity index (χ2v) is 3.71. The lowest BCUT2D eigenvalue weighted by Crippen LogP contribution is -2.19. The number of carbonyl (C=O) groups excluding carboxylic acids is 1. The van der Waals surface area contributed by atoms with Crippen molar-refractivity contribution in [3.05, 3.63) is 12.2 Å². The molecule has 0 bridgehead atoms. The number of hydrogen-bond donors (Lipinski definition) is 0. The van der Waals surface area contributed by atoms with E-state index in [0.717, 1.165) is 25.2 Å². The van der Waals surface area contributed by atoms with Gasteiger partial charge in [0.15, 0.2) is 0 Å². The maximum atomic E-state index is 10.0. The molecule has 0 heterocycles. The van der Waals surface area contributed by atoms with Crippen LogP contribution in [0.2, 0.25) is 0 Å². The van der Waals surface area contributed by atoms with E-state index in [1.165, 1.54) is 6.42 Å². The Labute approximate surface area is 80.0 Å². The van der Waals surface area contributed by atoms with Crippen LogP contribution in [0, 0.1) is 11.8 Å². The molecule has 2 atom stereocenters. The van der Waals surface area contributed by atoms with Crippen molar-refractivity contribution in [2.24, 2.45) is 11.8 Å². The zero-order chi connectivity index (χ0) is 9.52. The largest absolute Gasteiger partial charge is 0.381 e. The zero-order valence-electron chi connectivity index (χ0n) is 8.24. The van der Waals surface area contributed by atoms with Gasteiger partial charge < -0.3 is 9.53 Å². The monoisotopic (exact) mass is 182 g/mol. The predicted molar refractivity (Wildman–Crippen MR) is 52.5 cm³/mol. The molecule has 2 heteroatoms. The number of aldehydes is 1. The number of carbonyl (C=O) groups is 1. The van der Waals surface area contributed by atoms with Gasteiger partial charge in [0, 0.05) is 13.0 Å². The molecule has 0 aliphatic heterocycles. The minimum absolute atomic E-state index is 0.525. The van der Waals surface area contributed by atoms with Crippen LogP contribution in [0.3, 0.4) is 0 Å². The summed E-state index contributed by atoms with van der Waals surface area (Å²) in [6.07, 6.45) is 8.20. The van der Waals surface area contributed by atoms with Gasteiger partial charge in [0.25, 0.3) is 0 Å². The van der Waals surface area contributed by atoms with E-state index in [-0.39, 0.29) is 0 Å². The molecule has 2 unspecified atom stereocenters. The SMILES string of the molecule is CC1CC=CCC1COCCC=O. The van der Waals surface area contributed by atoms with Crippen LogP contribution in [-0.2, 0) is 9.53 Å². The summed E-state index contributed by atoms with van der Waals surface area (Å²) < 4.78 is 5.42. The third-order valence-corrected chi connectivity index (χ3v) is 2.63. The Hall–Kier alpha value is -0.630. The Morgan fingerprint density at radius 1 is 1.46 bits per heavy atom.